The minimum absolute atomic E-state index is 0.275. The highest BCUT2D eigenvalue weighted by Gasteiger charge is 2.13. The summed E-state index contributed by atoms with van der Waals surface area (Å²) in [6.07, 6.45) is 0. The molecule has 4 rings (SSSR count). The van der Waals surface area contributed by atoms with Gasteiger partial charge in [0, 0.05) is 16.3 Å². The SMILES string of the molecule is COc1ccc(Cl)cc1NC(=O)c1ccc(-n2nnnc2SCc2ccccc2)cc1. The highest BCUT2D eigenvalue weighted by Crippen LogP contribution is 2.28. The van der Waals surface area contributed by atoms with Crippen molar-refractivity contribution in [3.63, 3.8) is 0 Å². The second-order valence-electron chi connectivity index (χ2n) is 6.49. The summed E-state index contributed by atoms with van der Waals surface area (Å²) >= 11 is 7.57. The van der Waals surface area contributed by atoms with Gasteiger partial charge >= 0.3 is 0 Å². The van der Waals surface area contributed by atoms with Crippen LogP contribution in [0.15, 0.2) is 78.0 Å². The monoisotopic (exact) mass is 451 g/mol. The molecule has 1 heterocycles. The van der Waals surface area contributed by atoms with Gasteiger partial charge < -0.3 is 10.1 Å². The predicted octanol–water partition coefficient (Wildman–Crippen LogP) is 4.87. The molecule has 1 N–H and O–H groups in total. The van der Waals surface area contributed by atoms with Crippen molar-refractivity contribution >= 4 is 35.0 Å². The Bertz CT molecular complexity index is 1180. The highest BCUT2D eigenvalue weighted by atomic mass is 35.5. The van der Waals surface area contributed by atoms with E-state index in [2.05, 4.69) is 33.0 Å². The van der Waals surface area contributed by atoms with Crippen molar-refractivity contribution in [2.24, 2.45) is 0 Å². The first-order valence-corrected chi connectivity index (χ1v) is 10.7. The molecular formula is C22H18ClN5O2S. The number of hydrogen-bond donors (Lipinski definition) is 1. The van der Waals surface area contributed by atoms with Crippen molar-refractivity contribution in [2.45, 2.75) is 10.9 Å². The van der Waals surface area contributed by atoms with E-state index in [4.69, 9.17) is 16.3 Å². The average molecular weight is 452 g/mol. The molecule has 4 aromatic rings. The minimum Gasteiger partial charge on any atom is -0.495 e. The van der Waals surface area contributed by atoms with Gasteiger partial charge in [0.15, 0.2) is 0 Å². The number of tetrazole rings is 1. The Morgan fingerprint density at radius 3 is 2.61 bits per heavy atom. The lowest BCUT2D eigenvalue weighted by Gasteiger charge is -2.11. The van der Waals surface area contributed by atoms with Crippen molar-refractivity contribution in [3.8, 4) is 11.4 Å². The first-order valence-electron chi connectivity index (χ1n) is 9.34. The molecular weight excluding hydrogens is 434 g/mol. The van der Waals surface area contributed by atoms with Gasteiger partial charge in [0.2, 0.25) is 5.16 Å². The molecule has 0 atom stereocenters. The highest BCUT2D eigenvalue weighted by molar-refractivity contribution is 7.98. The molecule has 0 bridgehead atoms. The summed E-state index contributed by atoms with van der Waals surface area (Å²) in [4.78, 5) is 12.7. The maximum atomic E-state index is 12.7. The van der Waals surface area contributed by atoms with E-state index >= 15 is 0 Å². The Morgan fingerprint density at radius 2 is 1.87 bits per heavy atom. The third kappa shape index (κ3) is 5.04. The van der Waals surface area contributed by atoms with E-state index < -0.39 is 0 Å². The van der Waals surface area contributed by atoms with Gasteiger partial charge in [0.25, 0.3) is 5.91 Å². The molecule has 7 nitrogen and oxygen atoms in total. The molecule has 3 aromatic carbocycles. The molecule has 0 saturated heterocycles. The zero-order valence-corrected chi connectivity index (χ0v) is 18.1. The zero-order valence-electron chi connectivity index (χ0n) is 16.5. The summed E-state index contributed by atoms with van der Waals surface area (Å²) in [6.45, 7) is 0. The number of nitrogens with one attached hydrogen (secondary N) is 1. The Morgan fingerprint density at radius 1 is 1.10 bits per heavy atom. The van der Waals surface area contributed by atoms with Crippen LogP contribution in [0.5, 0.6) is 5.75 Å². The fraction of sp³-hybridized carbons (Fsp3) is 0.0909. The number of thioether (sulfide) groups is 1. The Kier molecular flexibility index (Phi) is 6.49. The fourth-order valence-corrected chi connectivity index (χ4v) is 3.90. The number of carbonyl (C=O) groups is 1. The lowest BCUT2D eigenvalue weighted by atomic mass is 10.2. The van der Waals surface area contributed by atoms with Gasteiger partial charge in [0.05, 0.1) is 18.5 Å². The van der Waals surface area contributed by atoms with E-state index in [0.717, 1.165) is 11.4 Å². The molecule has 0 fully saturated rings. The summed E-state index contributed by atoms with van der Waals surface area (Å²) < 4.78 is 6.92. The first kappa shape index (κ1) is 20.9. The van der Waals surface area contributed by atoms with Crippen LogP contribution in [0.3, 0.4) is 0 Å². The quantitative estimate of drug-likeness (QED) is 0.404. The largest absolute Gasteiger partial charge is 0.495 e. The van der Waals surface area contributed by atoms with E-state index in [-0.39, 0.29) is 5.91 Å². The maximum Gasteiger partial charge on any atom is 0.255 e. The predicted molar refractivity (Wildman–Crippen MR) is 121 cm³/mol. The van der Waals surface area contributed by atoms with Gasteiger partial charge in [-0.1, -0.05) is 53.7 Å². The van der Waals surface area contributed by atoms with Gasteiger partial charge in [-0.3, -0.25) is 4.79 Å². The molecule has 0 saturated carbocycles. The number of aromatic nitrogens is 4. The average Bonchev–Trinajstić information content (AvgIpc) is 3.27. The Hall–Kier alpha value is -3.36. The second kappa shape index (κ2) is 9.63. The molecule has 9 heteroatoms. The van der Waals surface area contributed by atoms with Crippen molar-refractivity contribution in [2.75, 3.05) is 12.4 Å². The van der Waals surface area contributed by atoms with Crippen LogP contribution >= 0.6 is 23.4 Å². The van der Waals surface area contributed by atoms with Crippen LogP contribution in [0, 0.1) is 0 Å². The topological polar surface area (TPSA) is 81.9 Å². The van der Waals surface area contributed by atoms with Crippen LogP contribution in [0.2, 0.25) is 5.02 Å². The van der Waals surface area contributed by atoms with Crippen molar-refractivity contribution in [3.05, 3.63) is 88.9 Å². The number of methoxy groups -OCH3 is 1. The molecule has 0 aliphatic rings. The van der Waals surface area contributed by atoms with Crippen LogP contribution in [-0.2, 0) is 5.75 Å². The van der Waals surface area contributed by atoms with E-state index in [9.17, 15) is 4.79 Å². The van der Waals surface area contributed by atoms with Crippen molar-refractivity contribution < 1.29 is 9.53 Å². The molecule has 0 aliphatic heterocycles. The number of anilines is 1. The number of hydrogen-bond acceptors (Lipinski definition) is 6. The molecule has 1 aromatic heterocycles. The van der Waals surface area contributed by atoms with Gasteiger partial charge in [-0.15, -0.1) is 5.10 Å². The standard InChI is InChI=1S/C22H18ClN5O2S/c1-30-20-12-9-17(23)13-19(20)24-21(29)16-7-10-18(11-8-16)28-22(25-26-27-28)31-14-15-5-3-2-4-6-15/h2-13H,14H2,1H3,(H,24,29). The van der Waals surface area contributed by atoms with Gasteiger partial charge in [-0.2, -0.15) is 4.68 Å². The molecule has 0 spiro atoms. The normalized spacial score (nSPS) is 10.6. The van der Waals surface area contributed by atoms with E-state index in [0.29, 0.717) is 27.2 Å². The molecule has 0 aliphatic carbocycles. The number of carbonyl (C=O) groups excluding carboxylic acids is 1. The number of benzene rings is 3. The third-order valence-electron chi connectivity index (χ3n) is 4.44. The zero-order chi connectivity index (χ0) is 21.6. The van der Waals surface area contributed by atoms with E-state index in [1.54, 1.807) is 58.9 Å². The van der Waals surface area contributed by atoms with Crippen molar-refractivity contribution in [1.82, 2.24) is 20.2 Å². The third-order valence-corrected chi connectivity index (χ3v) is 5.66. The number of rotatable bonds is 7. The molecule has 31 heavy (non-hydrogen) atoms. The summed E-state index contributed by atoms with van der Waals surface area (Å²) in [6, 6.07) is 22.2. The van der Waals surface area contributed by atoms with Crippen LogP contribution in [0.4, 0.5) is 5.69 Å². The van der Waals surface area contributed by atoms with Crippen LogP contribution < -0.4 is 10.1 Å². The Balaban J connectivity index is 1.47. The van der Waals surface area contributed by atoms with Gasteiger partial charge in [-0.05, 0) is 58.5 Å². The van der Waals surface area contributed by atoms with Gasteiger partial charge in [0.1, 0.15) is 5.75 Å². The molecule has 0 radical (unpaired) electrons. The number of nitrogens with zero attached hydrogens (tertiary/aromatic N) is 4. The molecule has 0 unspecified atom stereocenters. The first-order chi connectivity index (χ1) is 15.1. The van der Waals surface area contributed by atoms with E-state index in [1.807, 2.05) is 18.2 Å². The summed E-state index contributed by atoms with van der Waals surface area (Å²) in [5.74, 6) is 1.01. The Labute approximate surface area is 188 Å². The number of ether oxygens (including phenoxy) is 1. The van der Waals surface area contributed by atoms with Crippen LogP contribution in [0.1, 0.15) is 15.9 Å². The lowest BCUT2D eigenvalue weighted by molar-refractivity contribution is 0.102. The summed E-state index contributed by atoms with van der Waals surface area (Å²) in [7, 11) is 1.53. The van der Waals surface area contributed by atoms with Crippen LogP contribution in [-0.4, -0.2) is 33.2 Å². The second-order valence-corrected chi connectivity index (χ2v) is 7.87. The minimum atomic E-state index is -0.275. The summed E-state index contributed by atoms with van der Waals surface area (Å²) in [5, 5.41) is 16.0. The number of amides is 1. The smallest absolute Gasteiger partial charge is 0.255 e. The molecule has 156 valence electrons. The maximum absolute atomic E-state index is 12.7. The number of halogens is 1. The fourth-order valence-electron chi connectivity index (χ4n) is 2.88. The molecule has 1 amide bonds. The van der Waals surface area contributed by atoms with Crippen molar-refractivity contribution in [1.29, 1.82) is 0 Å². The summed E-state index contributed by atoms with van der Waals surface area (Å²) in [5.41, 5.74) is 2.93. The lowest BCUT2D eigenvalue weighted by Crippen LogP contribution is -2.13. The van der Waals surface area contributed by atoms with E-state index in [1.165, 1.54) is 12.7 Å². The van der Waals surface area contributed by atoms with Crippen LogP contribution in [0.25, 0.3) is 5.69 Å². The van der Waals surface area contributed by atoms with Gasteiger partial charge in [-0.25, -0.2) is 0 Å².